The molecule has 0 amide bonds. The molecule has 0 aromatic heterocycles. The fourth-order valence-corrected chi connectivity index (χ4v) is 3.16. The number of rotatable bonds is 5. The molecule has 0 radical (unpaired) electrons. The zero-order chi connectivity index (χ0) is 16.8. The smallest absolute Gasteiger partial charge is 0.131 e. The van der Waals surface area contributed by atoms with Crippen LogP contribution in [0, 0.1) is 11.7 Å². The van der Waals surface area contributed by atoms with Crippen LogP contribution in [0.25, 0.3) is 5.57 Å². The van der Waals surface area contributed by atoms with Crippen molar-refractivity contribution in [2.24, 2.45) is 5.92 Å². The van der Waals surface area contributed by atoms with Crippen LogP contribution in [0.5, 0.6) is 0 Å². The molecule has 1 saturated heterocycles. The third-order valence-corrected chi connectivity index (χ3v) is 4.44. The summed E-state index contributed by atoms with van der Waals surface area (Å²) < 4.78 is 20.3. The number of nitrogens with zero attached hydrogens (tertiary/aromatic N) is 1. The lowest BCUT2D eigenvalue weighted by atomic mass is 9.99. The van der Waals surface area contributed by atoms with Crippen molar-refractivity contribution in [1.29, 1.82) is 0 Å². The SMILES string of the molecule is CC(C)=CN(/C=C(\C)c1ccc(Br)cc1F)CC1CCOCC1. The highest BCUT2D eigenvalue weighted by Crippen LogP contribution is 2.24. The highest BCUT2D eigenvalue weighted by Gasteiger charge is 2.16. The van der Waals surface area contributed by atoms with Crippen LogP contribution in [-0.2, 0) is 4.74 Å². The summed E-state index contributed by atoms with van der Waals surface area (Å²) in [7, 11) is 0. The van der Waals surface area contributed by atoms with Crippen molar-refractivity contribution < 1.29 is 9.13 Å². The molecule has 1 aromatic carbocycles. The molecule has 0 unspecified atom stereocenters. The Morgan fingerprint density at radius 1 is 1.26 bits per heavy atom. The molecular formula is C19H25BrFNO. The first-order valence-electron chi connectivity index (χ1n) is 8.08. The van der Waals surface area contributed by atoms with Gasteiger partial charge < -0.3 is 9.64 Å². The lowest BCUT2D eigenvalue weighted by molar-refractivity contribution is 0.0611. The van der Waals surface area contributed by atoms with Crippen molar-refractivity contribution in [3.05, 3.63) is 52.0 Å². The topological polar surface area (TPSA) is 12.5 Å². The number of ether oxygens (including phenoxy) is 1. The number of halogens is 2. The van der Waals surface area contributed by atoms with Gasteiger partial charge in [0.2, 0.25) is 0 Å². The highest BCUT2D eigenvalue weighted by atomic mass is 79.9. The van der Waals surface area contributed by atoms with Crippen molar-refractivity contribution in [2.45, 2.75) is 33.6 Å². The molecule has 0 saturated carbocycles. The Kier molecular flexibility index (Phi) is 6.85. The predicted octanol–water partition coefficient (Wildman–Crippen LogP) is 5.60. The number of hydrogen-bond donors (Lipinski definition) is 0. The van der Waals surface area contributed by atoms with Crippen LogP contribution in [0.15, 0.2) is 40.6 Å². The van der Waals surface area contributed by atoms with Gasteiger partial charge in [0.1, 0.15) is 5.82 Å². The third-order valence-electron chi connectivity index (χ3n) is 3.95. The number of benzene rings is 1. The van der Waals surface area contributed by atoms with Gasteiger partial charge in [-0.05, 0) is 57.2 Å². The molecule has 0 atom stereocenters. The molecule has 0 aliphatic carbocycles. The minimum atomic E-state index is -0.198. The summed E-state index contributed by atoms with van der Waals surface area (Å²) in [5.41, 5.74) is 2.81. The van der Waals surface area contributed by atoms with Crippen LogP contribution >= 0.6 is 15.9 Å². The first kappa shape index (κ1) is 18.2. The van der Waals surface area contributed by atoms with Gasteiger partial charge in [0, 0.05) is 42.2 Å². The summed E-state index contributed by atoms with van der Waals surface area (Å²) in [5.74, 6) is 0.425. The Labute approximate surface area is 147 Å². The molecule has 1 fully saturated rings. The molecule has 1 aliphatic rings. The lowest BCUT2D eigenvalue weighted by Crippen LogP contribution is -2.26. The maximum absolute atomic E-state index is 14.2. The zero-order valence-corrected chi connectivity index (χ0v) is 15.7. The maximum Gasteiger partial charge on any atom is 0.131 e. The van der Waals surface area contributed by atoms with Gasteiger partial charge in [-0.25, -0.2) is 4.39 Å². The monoisotopic (exact) mass is 381 g/mol. The van der Waals surface area contributed by atoms with E-state index in [1.165, 1.54) is 11.6 Å². The first-order valence-corrected chi connectivity index (χ1v) is 8.87. The van der Waals surface area contributed by atoms with Crippen LogP contribution in [0.4, 0.5) is 4.39 Å². The minimum absolute atomic E-state index is 0.198. The van der Waals surface area contributed by atoms with Crippen LogP contribution in [0.1, 0.15) is 39.2 Å². The molecule has 0 bridgehead atoms. The standard InChI is InChI=1S/C19H25BrFNO/c1-14(2)11-22(13-16-6-8-23-9-7-16)12-15(3)18-5-4-17(20)10-19(18)21/h4-5,10-12,16H,6-9,13H2,1-3H3/b15-12+. The van der Waals surface area contributed by atoms with Gasteiger partial charge >= 0.3 is 0 Å². The average molecular weight is 382 g/mol. The Morgan fingerprint density at radius 2 is 1.96 bits per heavy atom. The quantitative estimate of drug-likeness (QED) is 0.657. The van der Waals surface area contributed by atoms with E-state index in [1.54, 1.807) is 0 Å². The van der Waals surface area contributed by atoms with E-state index in [1.807, 2.05) is 19.1 Å². The predicted molar refractivity (Wildman–Crippen MR) is 97.4 cm³/mol. The molecule has 1 heterocycles. The summed E-state index contributed by atoms with van der Waals surface area (Å²) in [4.78, 5) is 2.20. The normalized spacial score (nSPS) is 16.3. The van der Waals surface area contributed by atoms with E-state index in [2.05, 4.69) is 47.1 Å². The molecular weight excluding hydrogens is 357 g/mol. The summed E-state index contributed by atoms with van der Waals surface area (Å²) in [6, 6.07) is 5.20. The highest BCUT2D eigenvalue weighted by molar-refractivity contribution is 9.10. The second-order valence-corrected chi connectivity index (χ2v) is 7.31. The van der Waals surface area contributed by atoms with Crippen LogP contribution in [0.2, 0.25) is 0 Å². The molecule has 126 valence electrons. The Morgan fingerprint density at radius 3 is 2.57 bits per heavy atom. The van der Waals surface area contributed by atoms with Crippen molar-refractivity contribution in [2.75, 3.05) is 19.8 Å². The largest absolute Gasteiger partial charge is 0.381 e. The number of allylic oxidation sites excluding steroid dienone is 2. The van der Waals surface area contributed by atoms with E-state index in [9.17, 15) is 4.39 Å². The van der Waals surface area contributed by atoms with E-state index < -0.39 is 0 Å². The van der Waals surface area contributed by atoms with E-state index in [0.29, 0.717) is 11.5 Å². The molecule has 1 aliphatic heterocycles. The molecule has 4 heteroatoms. The van der Waals surface area contributed by atoms with E-state index in [0.717, 1.165) is 42.6 Å². The van der Waals surface area contributed by atoms with Gasteiger partial charge in [-0.15, -0.1) is 0 Å². The molecule has 2 rings (SSSR count). The van der Waals surface area contributed by atoms with Crippen molar-refractivity contribution in [3.8, 4) is 0 Å². The lowest BCUT2D eigenvalue weighted by Gasteiger charge is -2.27. The molecule has 23 heavy (non-hydrogen) atoms. The van der Waals surface area contributed by atoms with Gasteiger partial charge in [0.05, 0.1) is 0 Å². The number of hydrogen-bond acceptors (Lipinski definition) is 2. The fraction of sp³-hybridized carbons (Fsp3) is 0.474. The van der Waals surface area contributed by atoms with E-state index >= 15 is 0 Å². The maximum atomic E-state index is 14.2. The average Bonchev–Trinajstić information content (AvgIpc) is 2.47. The van der Waals surface area contributed by atoms with Gasteiger partial charge in [0.15, 0.2) is 0 Å². The second-order valence-electron chi connectivity index (χ2n) is 6.40. The molecule has 1 aromatic rings. The van der Waals surface area contributed by atoms with Crippen molar-refractivity contribution >= 4 is 21.5 Å². The van der Waals surface area contributed by atoms with Crippen LogP contribution in [-0.4, -0.2) is 24.7 Å². The fourth-order valence-electron chi connectivity index (χ4n) is 2.83. The Bertz CT molecular complexity index is 587. The summed E-state index contributed by atoms with van der Waals surface area (Å²) in [5, 5.41) is 0. The summed E-state index contributed by atoms with van der Waals surface area (Å²) >= 11 is 3.30. The first-order chi connectivity index (χ1) is 11.0. The van der Waals surface area contributed by atoms with Gasteiger partial charge in [-0.3, -0.25) is 0 Å². The second kappa shape index (κ2) is 8.65. The van der Waals surface area contributed by atoms with E-state index in [-0.39, 0.29) is 5.82 Å². The van der Waals surface area contributed by atoms with E-state index in [4.69, 9.17) is 4.74 Å². The molecule has 0 N–H and O–H groups in total. The van der Waals surface area contributed by atoms with Gasteiger partial charge in [0.25, 0.3) is 0 Å². The van der Waals surface area contributed by atoms with Gasteiger partial charge in [-0.2, -0.15) is 0 Å². The van der Waals surface area contributed by atoms with Gasteiger partial charge in [-0.1, -0.05) is 27.6 Å². The third kappa shape index (κ3) is 5.78. The zero-order valence-electron chi connectivity index (χ0n) is 14.1. The van der Waals surface area contributed by atoms with Crippen LogP contribution < -0.4 is 0 Å². The Balaban J connectivity index is 2.18. The van der Waals surface area contributed by atoms with Crippen molar-refractivity contribution in [1.82, 2.24) is 4.90 Å². The molecule has 2 nitrogen and oxygen atoms in total. The van der Waals surface area contributed by atoms with Crippen LogP contribution in [0.3, 0.4) is 0 Å². The minimum Gasteiger partial charge on any atom is -0.381 e. The van der Waals surface area contributed by atoms with Crippen molar-refractivity contribution in [3.63, 3.8) is 0 Å². The summed E-state index contributed by atoms with van der Waals surface area (Å²) in [6.07, 6.45) is 6.36. The summed E-state index contributed by atoms with van der Waals surface area (Å²) in [6.45, 7) is 8.77. The molecule has 0 spiro atoms. The Hall–Kier alpha value is -1.13.